The largest absolute Gasteiger partial charge is 0.355 e. The fourth-order valence-corrected chi connectivity index (χ4v) is 1.86. The highest BCUT2D eigenvalue weighted by Gasteiger charge is 2.12. The Hall–Kier alpha value is -1.36. The van der Waals surface area contributed by atoms with E-state index in [4.69, 9.17) is 5.73 Å². The van der Waals surface area contributed by atoms with Gasteiger partial charge in [0.2, 0.25) is 0 Å². The fourth-order valence-electron chi connectivity index (χ4n) is 1.86. The van der Waals surface area contributed by atoms with Crippen LogP contribution in [-0.4, -0.2) is 29.7 Å². The van der Waals surface area contributed by atoms with Crippen molar-refractivity contribution in [3.8, 4) is 0 Å². The highest BCUT2D eigenvalue weighted by atomic mass is 16.1. The van der Waals surface area contributed by atoms with Crippen LogP contribution < -0.4 is 16.2 Å². The maximum absolute atomic E-state index is 12.2. The first-order chi connectivity index (χ1) is 8.45. The first-order valence-electron chi connectivity index (χ1n) is 6.42. The predicted molar refractivity (Wildman–Crippen MR) is 74.8 cm³/mol. The molecule has 1 atom stereocenters. The lowest BCUT2D eigenvalue weighted by atomic mass is 10.2. The average Bonchev–Trinajstić information content (AvgIpc) is 2.31. The van der Waals surface area contributed by atoms with Crippen molar-refractivity contribution in [3.63, 3.8) is 0 Å². The molecule has 0 saturated carbocycles. The van der Waals surface area contributed by atoms with Crippen LogP contribution >= 0.6 is 0 Å². The standard InChI is InChI=1S/C13H24N4O/c1-10(2)8-17-6-5-15-12(13(17)18)16(4)9-11(3)7-14/h5-6,10-11H,7-9,14H2,1-4H3. The summed E-state index contributed by atoms with van der Waals surface area (Å²) in [7, 11) is 1.88. The number of hydrogen-bond acceptors (Lipinski definition) is 4. The normalized spacial score (nSPS) is 12.8. The van der Waals surface area contributed by atoms with E-state index in [1.54, 1.807) is 17.0 Å². The molecule has 2 N–H and O–H groups in total. The molecule has 0 fully saturated rings. The number of nitrogens with two attached hydrogens (primary N) is 1. The molecule has 1 aromatic rings. The summed E-state index contributed by atoms with van der Waals surface area (Å²) in [5.41, 5.74) is 5.57. The Morgan fingerprint density at radius 1 is 1.44 bits per heavy atom. The van der Waals surface area contributed by atoms with Crippen LogP contribution in [0.2, 0.25) is 0 Å². The van der Waals surface area contributed by atoms with Crippen molar-refractivity contribution in [2.75, 3.05) is 25.0 Å². The van der Waals surface area contributed by atoms with E-state index in [9.17, 15) is 4.79 Å². The highest BCUT2D eigenvalue weighted by Crippen LogP contribution is 2.05. The first kappa shape index (κ1) is 14.7. The molecule has 1 aromatic heterocycles. The molecule has 0 spiro atoms. The van der Waals surface area contributed by atoms with E-state index < -0.39 is 0 Å². The summed E-state index contributed by atoms with van der Waals surface area (Å²) in [6, 6.07) is 0. The van der Waals surface area contributed by atoms with Gasteiger partial charge >= 0.3 is 0 Å². The van der Waals surface area contributed by atoms with Crippen LogP contribution in [0.25, 0.3) is 0 Å². The molecule has 0 aliphatic heterocycles. The lowest BCUT2D eigenvalue weighted by Crippen LogP contribution is -2.35. The summed E-state index contributed by atoms with van der Waals surface area (Å²) in [4.78, 5) is 18.3. The summed E-state index contributed by atoms with van der Waals surface area (Å²) < 4.78 is 1.72. The van der Waals surface area contributed by atoms with Gasteiger partial charge in [0.25, 0.3) is 5.56 Å². The molecule has 1 unspecified atom stereocenters. The Labute approximate surface area is 109 Å². The first-order valence-corrected chi connectivity index (χ1v) is 6.42. The Balaban J connectivity index is 2.92. The molecule has 1 heterocycles. The van der Waals surface area contributed by atoms with Crippen molar-refractivity contribution in [1.29, 1.82) is 0 Å². The Morgan fingerprint density at radius 3 is 2.67 bits per heavy atom. The third-order valence-electron chi connectivity index (χ3n) is 2.81. The number of nitrogens with zero attached hydrogens (tertiary/aromatic N) is 3. The molecule has 18 heavy (non-hydrogen) atoms. The van der Waals surface area contributed by atoms with Crippen molar-refractivity contribution in [2.24, 2.45) is 17.6 Å². The van der Waals surface area contributed by atoms with Gasteiger partial charge in [-0.15, -0.1) is 0 Å². The summed E-state index contributed by atoms with van der Waals surface area (Å²) in [5.74, 6) is 1.28. The van der Waals surface area contributed by atoms with E-state index in [0.717, 1.165) is 6.54 Å². The fraction of sp³-hybridized carbons (Fsp3) is 0.692. The van der Waals surface area contributed by atoms with Gasteiger partial charge in [0.05, 0.1) is 0 Å². The van der Waals surface area contributed by atoms with E-state index in [1.807, 2.05) is 11.9 Å². The molecule has 5 heteroatoms. The van der Waals surface area contributed by atoms with E-state index in [1.165, 1.54) is 0 Å². The van der Waals surface area contributed by atoms with Crippen LogP contribution in [0.3, 0.4) is 0 Å². The molecule has 0 saturated heterocycles. The third kappa shape index (κ3) is 3.84. The topological polar surface area (TPSA) is 64.2 Å². The molecule has 102 valence electrons. The summed E-state index contributed by atoms with van der Waals surface area (Å²) in [6.07, 6.45) is 3.43. The van der Waals surface area contributed by atoms with Gasteiger partial charge in [-0.3, -0.25) is 4.79 Å². The zero-order valence-corrected chi connectivity index (χ0v) is 11.8. The number of anilines is 1. The molecule has 0 aliphatic rings. The van der Waals surface area contributed by atoms with E-state index in [2.05, 4.69) is 25.8 Å². The zero-order valence-electron chi connectivity index (χ0n) is 11.8. The second-order valence-corrected chi connectivity index (χ2v) is 5.32. The summed E-state index contributed by atoms with van der Waals surface area (Å²) >= 11 is 0. The SMILES string of the molecule is CC(C)Cn1ccnc(N(C)CC(C)CN)c1=O. The minimum absolute atomic E-state index is 0.0297. The average molecular weight is 252 g/mol. The van der Waals surface area contributed by atoms with Crippen molar-refractivity contribution in [1.82, 2.24) is 9.55 Å². The van der Waals surface area contributed by atoms with Gasteiger partial charge in [-0.25, -0.2) is 4.98 Å². The Morgan fingerprint density at radius 2 is 2.11 bits per heavy atom. The molecule has 0 bridgehead atoms. The van der Waals surface area contributed by atoms with Crippen molar-refractivity contribution >= 4 is 5.82 Å². The maximum atomic E-state index is 12.2. The molecule has 0 aliphatic carbocycles. The van der Waals surface area contributed by atoms with Crippen molar-refractivity contribution in [3.05, 3.63) is 22.7 Å². The Bertz CT molecular complexity index is 427. The van der Waals surface area contributed by atoms with Gasteiger partial charge in [-0.2, -0.15) is 0 Å². The molecule has 5 nitrogen and oxygen atoms in total. The van der Waals surface area contributed by atoms with Crippen molar-refractivity contribution < 1.29 is 0 Å². The number of aromatic nitrogens is 2. The van der Waals surface area contributed by atoms with Crippen LogP contribution in [0, 0.1) is 11.8 Å². The van der Waals surface area contributed by atoms with Gasteiger partial charge in [-0.05, 0) is 18.4 Å². The Kier molecular flexibility index (Phi) is 5.34. The van der Waals surface area contributed by atoms with Crippen LogP contribution in [0.5, 0.6) is 0 Å². The van der Waals surface area contributed by atoms with E-state index >= 15 is 0 Å². The highest BCUT2D eigenvalue weighted by molar-refractivity contribution is 5.34. The zero-order chi connectivity index (χ0) is 13.7. The van der Waals surface area contributed by atoms with Gasteiger partial charge in [0, 0.05) is 32.5 Å². The van der Waals surface area contributed by atoms with Gasteiger partial charge in [-0.1, -0.05) is 20.8 Å². The smallest absolute Gasteiger partial charge is 0.293 e. The van der Waals surface area contributed by atoms with Gasteiger partial charge in [0.15, 0.2) is 5.82 Å². The predicted octanol–water partition coefficient (Wildman–Crippen LogP) is 0.930. The van der Waals surface area contributed by atoms with Crippen molar-refractivity contribution in [2.45, 2.75) is 27.3 Å². The number of rotatable bonds is 6. The van der Waals surface area contributed by atoms with E-state index in [-0.39, 0.29) is 5.56 Å². The second-order valence-electron chi connectivity index (χ2n) is 5.32. The van der Waals surface area contributed by atoms with E-state index in [0.29, 0.717) is 30.7 Å². The minimum atomic E-state index is -0.0297. The van der Waals surface area contributed by atoms with Crippen LogP contribution in [0.4, 0.5) is 5.82 Å². The molecule has 0 radical (unpaired) electrons. The lowest BCUT2D eigenvalue weighted by molar-refractivity contribution is 0.506. The minimum Gasteiger partial charge on any atom is -0.355 e. The van der Waals surface area contributed by atoms with Crippen LogP contribution in [0.15, 0.2) is 17.2 Å². The molecular formula is C13H24N4O. The quantitative estimate of drug-likeness (QED) is 0.818. The maximum Gasteiger partial charge on any atom is 0.293 e. The lowest BCUT2D eigenvalue weighted by Gasteiger charge is -2.21. The second kappa shape index (κ2) is 6.54. The van der Waals surface area contributed by atoms with Crippen LogP contribution in [0.1, 0.15) is 20.8 Å². The monoisotopic (exact) mass is 252 g/mol. The molecule has 1 rings (SSSR count). The summed E-state index contributed by atoms with van der Waals surface area (Å²) in [5, 5.41) is 0. The molecular weight excluding hydrogens is 228 g/mol. The van der Waals surface area contributed by atoms with Gasteiger partial charge < -0.3 is 15.2 Å². The molecule has 0 aromatic carbocycles. The van der Waals surface area contributed by atoms with Crippen LogP contribution in [-0.2, 0) is 6.54 Å². The summed E-state index contributed by atoms with van der Waals surface area (Å²) in [6.45, 7) is 8.31. The number of hydrogen-bond donors (Lipinski definition) is 1. The third-order valence-corrected chi connectivity index (χ3v) is 2.81. The van der Waals surface area contributed by atoms with Gasteiger partial charge in [0.1, 0.15) is 0 Å². The molecule has 0 amide bonds.